The Hall–Kier alpha value is -2.99. The zero-order valence-corrected chi connectivity index (χ0v) is 21.8. The summed E-state index contributed by atoms with van der Waals surface area (Å²) in [6, 6.07) is 3.16. The van der Waals surface area contributed by atoms with Crippen LogP contribution < -0.4 is 4.74 Å². The number of nitrogens with zero attached hydrogens (tertiary/aromatic N) is 5. The number of aryl methyl sites for hydroxylation is 1. The first-order chi connectivity index (χ1) is 18.1. The van der Waals surface area contributed by atoms with Gasteiger partial charge in [0.05, 0.1) is 16.6 Å². The number of likely N-dealkylation sites (tertiary alicyclic amines) is 1. The number of esters is 1. The number of benzene rings is 1. The van der Waals surface area contributed by atoms with E-state index in [-0.39, 0.29) is 23.5 Å². The molecule has 5 rings (SSSR count). The number of ether oxygens (including phenoxy) is 2. The lowest BCUT2D eigenvalue weighted by molar-refractivity contribution is -0.189. The van der Waals surface area contributed by atoms with Crippen molar-refractivity contribution in [2.75, 3.05) is 32.8 Å². The van der Waals surface area contributed by atoms with Crippen LogP contribution in [0.1, 0.15) is 68.5 Å². The van der Waals surface area contributed by atoms with Crippen molar-refractivity contribution in [2.24, 2.45) is 5.92 Å². The Kier molecular flexibility index (Phi) is 7.45. The molecule has 0 spiro atoms. The van der Waals surface area contributed by atoms with Gasteiger partial charge in [-0.1, -0.05) is 13.8 Å². The van der Waals surface area contributed by atoms with E-state index in [1.165, 1.54) is 10.7 Å². The fourth-order valence-corrected chi connectivity index (χ4v) is 5.30. The Morgan fingerprint density at radius 2 is 1.87 bits per heavy atom. The molecular formula is C26H32F3N5O4. The summed E-state index contributed by atoms with van der Waals surface area (Å²) in [5.41, 5.74) is 1.51. The van der Waals surface area contributed by atoms with Gasteiger partial charge in [0.15, 0.2) is 0 Å². The van der Waals surface area contributed by atoms with E-state index < -0.39 is 12.1 Å². The monoisotopic (exact) mass is 535 g/mol. The summed E-state index contributed by atoms with van der Waals surface area (Å²) in [4.78, 5) is 18.8. The molecule has 0 amide bonds. The highest BCUT2D eigenvalue weighted by atomic mass is 19.4. The molecule has 0 bridgehead atoms. The number of aromatic nitrogens is 4. The highest BCUT2D eigenvalue weighted by Gasteiger charge is 2.42. The van der Waals surface area contributed by atoms with Crippen LogP contribution in [0.3, 0.4) is 0 Å². The van der Waals surface area contributed by atoms with Crippen LogP contribution in [0.15, 0.2) is 16.7 Å². The van der Waals surface area contributed by atoms with Gasteiger partial charge in [-0.25, -0.2) is 4.79 Å². The second-order valence-electron chi connectivity index (χ2n) is 10.6. The summed E-state index contributed by atoms with van der Waals surface area (Å²) >= 11 is 0. The topological polar surface area (TPSA) is 95.5 Å². The van der Waals surface area contributed by atoms with E-state index in [0.29, 0.717) is 34.0 Å². The Labute approximate surface area is 218 Å². The number of piperidine rings is 1. The Bertz CT molecular complexity index is 1290. The third-order valence-electron chi connectivity index (χ3n) is 7.31. The quantitative estimate of drug-likeness (QED) is 0.325. The molecule has 4 heterocycles. The van der Waals surface area contributed by atoms with Crippen molar-refractivity contribution in [3.8, 4) is 11.7 Å². The Morgan fingerprint density at radius 1 is 1.16 bits per heavy atom. The summed E-state index contributed by atoms with van der Waals surface area (Å²) in [6.45, 7) is 10.1. The van der Waals surface area contributed by atoms with Crippen LogP contribution in [0.25, 0.3) is 16.9 Å². The molecule has 38 heavy (non-hydrogen) atoms. The maximum absolute atomic E-state index is 13.0. The van der Waals surface area contributed by atoms with Crippen molar-refractivity contribution >= 4 is 16.9 Å². The zero-order valence-electron chi connectivity index (χ0n) is 21.8. The molecule has 2 aliphatic rings. The first-order valence-electron chi connectivity index (χ1n) is 13.1. The second-order valence-corrected chi connectivity index (χ2v) is 10.6. The lowest BCUT2D eigenvalue weighted by Gasteiger charge is -2.34. The van der Waals surface area contributed by atoms with Gasteiger partial charge >= 0.3 is 12.1 Å². The molecule has 3 aromatic rings. The molecule has 12 heteroatoms. The predicted octanol–water partition coefficient (Wildman–Crippen LogP) is 4.91. The average Bonchev–Trinajstić information content (AvgIpc) is 3.50. The first kappa shape index (κ1) is 26.6. The third kappa shape index (κ3) is 5.56. The lowest BCUT2D eigenvalue weighted by Crippen LogP contribution is -2.38. The van der Waals surface area contributed by atoms with Gasteiger partial charge in [0.25, 0.3) is 5.95 Å². The van der Waals surface area contributed by atoms with Gasteiger partial charge in [-0.2, -0.15) is 27.9 Å². The number of alkyl halides is 3. The van der Waals surface area contributed by atoms with Crippen molar-refractivity contribution in [1.29, 1.82) is 0 Å². The molecule has 0 saturated carbocycles. The smallest absolute Gasteiger partial charge is 0.419 e. The van der Waals surface area contributed by atoms with Crippen LogP contribution in [0, 0.1) is 12.8 Å². The predicted molar refractivity (Wildman–Crippen MR) is 131 cm³/mol. The van der Waals surface area contributed by atoms with Crippen molar-refractivity contribution in [2.45, 2.75) is 64.5 Å². The standard InChI is InChI=1S/C26H32F3N5O4/c1-15(2)22-21-19(12-16(3)13-20(21)37-24(35)26(27,28)29)34(31-22)25-30-23(38-32-25)18-4-8-33(9-5-18)14-17-6-10-36-11-7-17/h12-13,15,17-18H,4-11,14H2,1-3H3. The number of carbonyl (C=O) groups excluding carboxylic acids is 1. The van der Waals surface area contributed by atoms with Crippen LogP contribution in [0.5, 0.6) is 5.75 Å². The van der Waals surface area contributed by atoms with Crippen LogP contribution >= 0.6 is 0 Å². The van der Waals surface area contributed by atoms with Crippen LogP contribution in [-0.2, 0) is 9.53 Å². The van der Waals surface area contributed by atoms with Gasteiger partial charge < -0.3 is 18.9 Å². The molecule has 2 aromatic heterocycles. The largest absolute Gasteiger partial charge is 0.491 e. The maximum atomic E-state index is 13.0. The van der Waals surface area contributed by atoms with E-state index in [2.05, 4.69) is 20.1 Å². The fourth-order valence-electron chi connectivity index (χ4n) is 5.30. The van der Waals surface area contributed by atoms with E-state index in [9.17, 15) is 18.0 Å². The highest BCUT2D eigenvalue weighted by Crippen LogP contribution is 2.37. The van der Waals surface area contributed by atoms with E-state index >= 15 is 0 Å². The van der Waals surface area contributed by atoms with Crippen LogP contribution in [-0.4, -0.2) is 69.8 Å². The molecule has 2 saturated heterocycles. The lowest BCUT2D eigenvalue weighted by atomic mass is 9.94. The Morgan fingerprint density at radius 3 is 2.53 bits per heavy atom. The molecule has 2 fully saturated rings. The van der Waals surface area contributed by atoms with Crippen LogP contribution in [0.2, 0.25) is 0 Å². The third-order valence-corrected chi connectivity index (χ3v) is 7.31. The maximum Gasteiger partial charge on any atom is 0.491 e. The minimum absolute atomic E-state index is 0.124. The molecule has 0 aliphatic carbocycles. The van der Waals surface area contributed by atoms with Gasteiger partial charge in [0.2, 0.25) is 5.89 Å². The number of hydrogen-bond donors (Lipinski definition) is 0. The van der Waals surface area contributed by atoms with Gasteiger partial charge in [0.1, 0.15) is 5.75 Å². The van der Waals surface area contributed by atoms with E-state index in [1.807, 2.05) is 13.8 Å². The molecule has 206 valence electrons. The van der Waals surface area contributed by atoms with Gasteiger partial charge in [-0.05, 0) is 80.4 Å². The SMILES string of the molecule is Cc1cc(OC(=O)C(F)(F)F)c2c(C(C)C)nn(-c3noc(C4CCN(CC5CCOCC5)CC4)n3)c2c1. The van der Waals surface area contributed by atoms with Gasteiger partial charge in [0, 0.05) is 25.7 Å². The summed E-state index contributed by atoms with van der Waals surface area (Å²) in [5, 5.41) is 9.08. The zero-order chi connectivity index (χ0) is 27.0. The minimum atomic E-state index is -5.12. The second kappa shape index (κ2) is 10.6. The molecule has 9 nitrogen and oxygen atoms in total. The normalized spacial score (nSPS) is 18.5. The first-order valence-corrected chi connectivity index (χ1v) is 13.1. The molecular weight excluding hydrogens is 503 g/mol. The average molecular weight is 536 g/mol. The summed E-state index contributed by atoms with van der Waals surface area (Å²) < 4.78 is 56.2. The molecule has 0 radical (unpaired) electrons. The van der Waals surface area contributed by atoms with E-state index in [0.717, 1.165) is 58.5 Å². The minimum Gasteiger partial charge on any atom is -0.419 e. The summed E-state index contributed by atoms with van der Waals surface area (Å²) in [5.74, 6) is -1.12. The highest BCUT2D eigenvalue weighted by molar-refractivity contribution is 5.93. The van der Waals surface area contributed by atoms with E-state index in [4.69, 9.17) is 14.0 Å². The summed E-state index contributed by atoms with van der Waals surface area (Å²) in [6.07, 6.45) is -1.09. The molecule has 0 N–H and O–H groups in total. The number of rotatable bonds is 6. The number of carbonyl (C=O) groups is 1. The van der Waals surface area contributed by atoms with Crippen molar-refractivity contribution in [3.63, 3.8) is 0 Å². The van der Waals surface area contributed by atoms with E-state index in [1.54, 1.807) is 13.0 Å². The molecule has 0 atom stereocenters. The van der Waals surface area contributed by atoms with Gasteiger partial charge in [-0.3, -0.25) is 0 Å². The number of hydrogen-bond acceptors (Lipinski definition) is 8. The number of halogens is 3. The number of fused-ring (bicyclic) bond motifs is 1. The fraction of sp³-hybridized carbons (Fsp3) is 0.615. The van der Waals surface area contributed by atoms with Crippen molar-refractivity contribution < 1.29 is 32.0 Å². The molecule has 1 aromatic carbocycles. The summed E-state index contributed by atoms with van der Waals surface area (Å²) in [7, 11) is 0. The van der Waals surface area contributed by atoms with Crippen molar-refractivity contribution in [1.82, 2.24) is 24.8 Å². The van der Waals surface area contributed by atoms with Crippen LogP contribution in [0.4, 0.5) is 13.2 Å². The Balaban J connectivity index is 1.38. The molecule has 0 unspecified atom stereocenters. The van der Waals surface area contributed by atoms with Crippen molar-refractivity contribution in [3.05, 3.63) is 29.3 Å². The molecule has 2 aliphatic heterocycles. The van der Waals surface area contributed by atoms with Gasteiger partial charge in [-0.15, -0.1) is 0 Å².